The first-order chi connectivity index (χ1) is 19.9. The van der Waals surface area contributed by atoms with Gasteiger partial charge in [-0.25, -0.2) is 4.90 Å². The third kappa shape index (κ3) is 5.27. The molecule has 204 valence electrons. The van der Waals surface area contributed by atoms with Gasteiger partial charge >= 0.3 is 0 Å². The van der Waals surface area contributed by atoms with Crippen LogP contribution in [0.3, 0.4) is 0 Å². The first-order valence-electron chi connectivity index (χ1n) is 12.9. The molecule has 2 aliphatic heterocycles. The van der Waals surface area contributed by atoms with E-state index in [0.29, 0.717) is 34.1 Å². The molecule has 3 amide bonds. The van der Waals surface area contributed by atoms with Crippen LogP contribution < -0.4 is 25.0 Å². The highest BCUT2D eigenvalue weighted by Crippen LogP contribution is 2.39. The highest BCUT2D eigenvalue weighted by molar-refractivity contribution is 8.04. The largest absolute Gasteiger partial charge is 0.454 e. The number of rotatable bonds is 7. The summed E-state index contributed by atoms with van der Waals surface area (Å²) in [5, 5.41) is 6.03. The lowest BCUT2D eigenvalue weighted by Gasteiger charge is -2.16. The molecule has 2 heterocycles. The number of carbonyl (C=O) groups excluding carboxylic acids is 3. The van der Waals surface area contributed by atoms with E-state index in [1.807, 2.05) is 56.3 Å². The number of imide groups is 1. The summed E-state index contributed by atoms with van der Waals surface area (Å²) in [6.07, 6.45) is 0. The Balaban J connectivity index is 1.24. The van der Waals surface area contributed by atoms with Gasteiger partial charge in [0.2, 0.25) is 6.79 Å². The molecule has 2 N–H and O–H groups in total. The number of ether oxygens (including phenoxy) is 2. The van der Waals surface area contributed by atoms with Gasteiger partial charge in [0.15, 0.2) is 11.5 Å². The summed E-state index contributed by atoms with van der Waals surface area (Å²) in [6.45, 7) is 4.06. The second kappa shape index (κ2) is 10.9. The smallest absolute Gasteiger partial charge is 0.283 e. The van der Waals surface area contributed by atoms with Gasteiger partial charge in [0, 0.05) is 21.8 Å². The van der Waals surface area contributed by atoms with E-state index in [0.717, 1.165) is 16.0 Å². The molecular weight excluding hydrogens is 538 g/mol. The Morgan fingerprint density at radius 3 is 2.29 bits per heavy atom. The maximum absolute atomic E-state index is 13.7. The lowest BCUT2D eigenvalue weighted by atomic mass is 10.1. The van der Waals surface area contributed by atoms with Crippen molar-refractivity contribution in [3.05, 3.63) is 118 Å². The molecule has 0 spiro atoms. The first kappa shape index (κ1) is 26.2. The van der Waals surface area contributed by atoms with E-state index in [1.54, 1.807) is 48.5 Å². The molecule has 0 saturated carbocycles. The highest BCUT2D eigenvalue weighted by Gasteiger charge is 2.40. The van der Waals surface area contributed by atoms with Gasteiger partial charge in [0.25, 0.3) is 17.7 Å². The standard InChI is InChI=1S/C32H25N3O5S/c1-19-8-12-24(16-20(19)2)35-31(37)28(33-22-6-4-3-5-7-22)29(32(35)38)41-25-13-10-23(11-14-25)34-30(36)21-9-15-26-27(17-21)40-18-39-26/h3-17,33H,18H2,1-2H3,(H,34,36). The number of para-hydroxylation sites is 1. The summed E-state index contributed by atoms with van der Waals surface area (Å²) < 4.78 is 10.7. The lowest BCUT2D eigenvalue weighted by Crippen LogP contribution is -2.32. The Morgan fingerprint density at radius 1 is 0.780 bits per heavy atom. The summed E-state index contributed by atoms with van der Waals surface area (Å²) in [5.74, 6) is 0.0260. The minimum absolute atomic E-state index is 0.134. The number of thioether (sulfide) groups is 1. The molecule has 4 aromatic rings. The van der Waals surface area contributed by atoms with Crippen molar-refractivity contribution in [3.63, 3.8) is 0 Å². The van der Waals surface area contributed by atoms with Crippen LogP contribution in [0.25, 0.3) is 0 Å². The monoisotopic (exact) mass is 563 g/mol. The maximum atomic E-state index is 13.7. The summed E-state index contributed by atoms with van der Waals surface area (Å²) in [4.78, 5) is 42.3. The van der Waals surface area contributed by atoms with Crippen molar-refractivity contribution >= 4 is 46.5 Å². The van der Waals surface area contributed by atoms with Crippen LogP contribution in [0, 0.1) is 13.8 Å². The minimum Gasteiger partial charge on any atom is -0.454 e. The molecular formula is C32H25N3O5S. The molecule has 41 heavy (non-hydrogen) atoms. The first-order valence-corrected chi connectivity index (χ1v) is 13.7. The van der Waals surface area contributed by atoms with Gasteiger partial charge in [0.05, 0.1) is 5.69 Å². The van der Waals surface area contributed by atoms with Crippen LogP contribution >= 0.6 is 11.8 Å². The molecule has 0 aliphatic carbocycles. The van der Waals surface area contributed by atoms with Crippen molar-refractivity contribution in [1.29, 1.82) is 0 Å². The number of nitrogens with zero attached hydrogens (tertiary/aromatic N) is 1. The Hall–Kier alpha value is -5.02. The molecule has 0 saturated heterocycles. The third-order valence-corrected chi connectivity index (χ3v) is 7.89. The summed E-state index contributed by atoms with van der Waals surface area (Å²) >= 11 is 1.20. The molecule has 0 bridgehead atoms. The van der Waals surface area contributed by atoms with Gasteiger partial charge in [0.1, 0.15) is 10.6 Å². The Labute approximate surface area is 241 Å². The molecule has 4 aromatic carbocycles. The van der Waals surface area contributed by atoms with Gasteiger partial charge in [-0.05, 0) is 91.7 Å². The molecule has 2 aliphatic rings. The Bertz CT molecular complexity index is 1720. The van der Waals surface area contributed by atoms with Gasteiger partial charge < -0.3 is 20.1 Å². The zero-order valence-corrected chi connectivity index (χ0v) is 23.1. The number of hydrogen-bond donors (Lipinski definition) is 2. The van der Waals surface area contributed by atoms with E-state index in [-0.39, 0.29) is 23.3 Å². The Morgan fingerprint density at radius 2 is 1.54 bits per heavy atom. The maximum Gasteiger partial charge on any atom is 0.283 e. The summed E-state index contributed by atoms with van der Waals surface area (Å²) in [6, 6.07) is 26.9. The van der Waals surface area contributed by atoms with Crippen LogP contribution in [0.1, 0.15) is 21.5 Å². The molecule has 0 aromatic heterocycles. The molecule has 0 unspecified atom stereocenters. The van der Waals surface area contributed by atoms with Crippen LogP contribution in [-0.2, 0) is 9.59 Å². The number of fused-ring (bicyclic) bond motifs is 1. The number of benzene rings is 4. The normalized spacial score (nSPS) is 14.0. The lowest BCUT2D eigenvalue weighted by molar-refractivity contribution is -0.120. The van der Waals surface area contributed by atoms with E-state index < -0.39 is 11.8 Å². The molecule has 9 heteroatoms. The quantitative estimate of drug-likeness (QED) is 0.256. The van der Waals surface area contributed by atoms with E-state index in [9.17, 15) is 14.4 Å². The van der Waals surface area contributed by atoms with Crippen molar-refractivity contribution in [3.8, 4) is 11.5 Å². The van der Waals surface area contributed by atoms with Crippen molar-refractivity contribution in [1.82, 2.24) is 0 Å². The number of hydrogen-bond acceptors (Lipinski definition) is 7. The molecule has 0 fully saturated rings. The molecule has 0 radical (unpaired) electrons. The fourth-order valence-corrected chi connectivity index (χ4v) is 5.37. The van der Waals surface area contributed by atoms with Crippen LogP contribution in [0.5, 0.6) is 11.5 Å². The van der Waals surface area contributed by atoms with E-state index in [1.165, 1.54) is 16.7 Å². The SMILES string of the molecule is Cc1ccc(N2C(=O)C(Nc3ccccc3)=C(Sc3ccc(NC(=O)c4ccc5c(c4)OCO5)cc3)C2=O)cc1C. The van der Waals surface area contributed by atoms with E-state index >= 15 is 0 Å². The fourth-order valence-electron chi connectivity index (χ4n) is 4.44. The summed E-state index contributed by atoms with van der Waals surface area (Å²) in [5.41, 5.74) is 4.52. The minimum atomic E-state index is -0.419. The molecule has 6 rings (SSSR count). The van der Waals surface area contributed by atoms with Crippen LogP contribution in [0.15, 0.2) is 106 Å². The van der Waals surface area contributed by atoms with Crippen molar-refractivity contribution in [2.45, 2.75) is 18.7 Å². The van der Waals surface area contributed by atoms with Gasteiger partial charge in [-0.1, -0.05) is 36.0 Å². The van der Waals surface area contributed by atoms with E-state index in [2.05, 4.69) is 10.6 Å². The second-order valence-corrected chi connectivity index (χ2v) is 10.6. The average molecular weight is 564 g/mol. The number of anilines is 3. The number of aryl methyl sites for hydroxylation is 2. The zero-order chi connectivity index (χ0) is 28.5. The number of amides is 3. The predicted octanol–water partition coefficient (Wildman–Crippen LogP) is 6.27. The fraction of sp³-hybridized carbons (Fsp3) is 0.0938. The predicted molar refractivity (Wildman–Crippen MR) is 158 cm³/mol. The number of carbonyl (C=O) groups is 3. The van der Waals surface area contributed by atoms with Crippen molar-refractivity contribution in [2.75, 3.05) is 22.3 Å². The van der Waals surface area contributed by atoms with Gasteiger partial charge in [-0.3, -0.25) is 14.4 Å². The zero-order valence-electron chi connectivity index (χ0n) is 22.3. The number of nitrogens with one attached hydrogen (secondary N) is 2. The second-order valence-electron chi connectivity index (χ2n) is 9.56. The van der Waals surface area contributed by atoms with Crippen LogP contribution in [0.2, 0.25) is 0 Å². The average Bonchev–Trinajstić information content (AvgIpc) is 3.54. The van der Waals surface area contributed by atoms with Crippen LogP contribution in [0.4, 0.5) is 17.1 Å². The Kier molecular flexibility index (Phi) is 6.94. The highest BCUT2D eigenvalue weighted by atomic mass is 32.2. The van der Waals surface area contributed by atoms with Crippen molar-refractivity contribution < 1.29 is 23.9 Å². The molecule has 8 nitrogen and oxygen atoms in total. The van der Waals surface area contributed by atoms with Crippen LogP contribution in [-0.4, -0.2) is 24.5 Å². The summed E-state index contributed by atoms with van der Waals surface area (Å²) in [7, 11) is 0. The molecule has 0 atom stereocenters. The van der Waals surface area contributed by atoms with Gasteiger partial charge in [-0.2, -0.15) is 0 Å². The van der Waals surface area contributed by atoms with Crippen molar-refractivity contribution in [2.24, 2.45) is 0 Å². The third-order valence-electron chi connectivity index (χ3n) is 6.80. The van der Waals surface area contributed by atoms with E-state index in [4.69, 9.17) is 9.47 Å². The van der Waals surface area contributed by atoms with Gasteiger partial charge in [-0.15, -0.1) is 0 Å². The topological polar surface area (TPSA) is 97.0 Å².